The molecule has 3 rings (SSSR count). The van der Waals surface area contributed by atoms with Crippen LogP contribution in [-0.2, 0) is 0 Å². The summed E-state index contributed by atoms with van der Waals surface area (Å²) in [6, 6.07) is 12.9. The Morgan fingerprint density at radius 2 is 1.81 bits per heavy atom. The van der Waals surface area contributed by atoms with E-state index in [1.807, 2.05) is 18.2 Å². The van der Waals surface area contributed by atoms with Gasteiger partial charge < -0.3 is 10.1 Å². The van der Waals surface area contributed by atoms with Gasteiger partial charge in [0, 0.05) is 11.7 Å². The summed E-state index contributed by atoms with van der Waals surface area (Å²) in [4.78, 5) is 0. The molecular formula is C24H27NO. The number of ether oxygens (including phenoxy) is 1. The number of methoxy groups -OCH3 is 1. The molecule has 1 N–H and O–H groups in total. The highest BCUT2D eigenvalue weighted by molar-refractivity contribution is 5.60. The fourth-order valence-corrected chi connectivity index (χ4v) is 3.40. The van der Waals surface area contributed by atoms with Gasteiger partial charge in [0.15, 0.2) is 0 Å². The number of nitrogens with one attached hydrogen (secondary N) is 1. The van der Waals surface area contributed by atoms with E-state index in [1.165, 1.54) is 28.0 Å². The zero-order valence-electron chi connectivity index (χ0n) is 16.0. The molecule has 26 heavy (non-hydrogen) atoms. The number of rotatable bonds is 5. The molecule has 0 saturated carbocycles. The average molecular weight is 345 g/mol. The van der Waals surface area contributed by atoms with Crippen LogP contribution in [0.5, 0.6) is 5.75 Å². The topological polar surface area (TPSA) is 21.3 Å². The lowest BCUT2D eigenvalue weighted by Gasteiger charge is -2.21. The van der Waals surface area contributed by atoms with E-state index >= 15 is 0 Å². The van der Waals surface area contributed by atoms with Gasteiger partial charge >= 0.3 is 0 Å². The van der Waals surface area contributed by atoms with Crippen molar-refractivity contribution >= 4 is 11.8 Å². The lowest BCUT2D eigenvalue weighted by atomic mass is 9.99. The van der Waals surface area contributed by atoms with Crippen molar-refractivity contribution in [1.29, 1.82) is 0 Å². The number of anilines is 1. The van der Waals surface area contributed by atoms with Gasteiger partial charge in [0.2, 0.25) is 0 Å². The number of hydrogen-bond acceptors (Lipinski definition) is 2. The summed E-state index contributed by atoms with van der Waals surface area (Å²) in [7, 11) is 1.69. The van der Waals surface area contributed by atoms with Crippen molar-refractivity contribution in [3.05, 3.63) is 88.5 Å². The van der Waals surface area contributed by atoms with Crippen molar-refractivity contribution in [2.75, 3.05) is 12.4 Å². The third kappa shape index (κ3) is 4.45. The Hall–Kier alpha value is -2.74. The summed E-state index contributed by atoms with van der Waals surface area (Å²) in [6.45, 7) is 6.49. The molecule has 0 amide bonds. The van der Waals surface area contributed by atoms with Crippen LogP contribution in [0.3, 0.4) is 0 Å². The highest BCUT2D eigenvalue weighted by atomic mass is 16.5. The van der Waals surface area contributed by atoms with Crippen molar-refractivity contribution in [3.63, 3.8) is 0 Å². The fourth-order valence-electron chi connectivity index (χ4n) is 3.40. The largest absolute Gasteiger partial charge is 0.497 e. The molecule has 2 nitrogen and oxygen atoms in total. The second-order valence-electron chi connectivity index (χ2n) is 6.93. The van der Waals surface area contributed by atoms with Gasteiger partial charge in [0.25, 0.3) is 0 Å². The van der Waals surface area contributed by atoms with E-state index in [1.54, 1.807) is 7.11 Å². The van der Waals surface area contributed by atoms with Crippen LogP contribution in [0.25, 0.3) is 6.08 Å². The Morgan fingerprint density at radius 1 is 1.04 bits per heavy atom. The van der Waals surface area contributed by atoms with Gasteiger partial charge in [-0.1, -0.05) is 60.2 Å². The van der Waals surface area contributed by atoms with E-state index in [4.69, 9.17) is 4.74 Å². The van der Waals surface area contributed by atoms with Crippen molar-refractivity contribution in [1.82, 2.24) is 0 Å². The minimum atomic E-state index is 0.337. The number of benzene rings is 2. The number of allylic oxidation sites excluding steroid dienone is 3. The average Bonchev–Trinajstić information content (AvgIpc) is 2.64. The molecule has 0 radical (unpaired) electrons. The Kier molecular flexibility index (Phi) is 5.62. The van der Waals surface area contributed by atoms with E-state index in [0.29, 0.717) is 6.04 Å². The van der Waals surface area contributed by atoms with Gasteiger partial charge in [-0.05, 0) is 61.6 Å². The first-order chi connectivity index (χ1) is 12.5. The van der Waals surface area contributed by atoms with Crippen LogP contribution in [0.1, 0.15) is 28.7 Å². The minimum absolute atomic E-state index is 0.337. The maximum Gasteiger partial charge on any atom is 0.119 e. The van der Waals surface area contributed by atoms with E-state index in [9.17, 15) is 0 Å². The van der Waals surface area contributed by atoms with Crippen LogP contribution in [-0.4, -0.2) is 13.2 Å². The third-order valence-electron chi connectivity index (χ3n) is 4.70. The normalized spacial score (nSPS) is 16.6. The molecule has 0 aromatic heterocycles. The van der Waals surface area contributed by atoms with Crippen molar-refractivity contribution in [2.24, 2.45) is 0 Å². The predicted octanol–water partition coefficient (Wildman–Crippen LogP) is 6.00. The van der Waals surface area contributed by atoms with Gasteiger partial charge in [0.05, 0.1) is 7.11 Å². The van der Waals surface area contributed by atoms with Crippen LogP contribution in [0.4, 0.5) is 5.69 Å². The Bertz CT molecular complexity index is 851. The molecular weight excluding hydrogens is 318 g/mol. The van der Waals surface area contributed by atoms with E-state index in [-0.39, 0.29) is 0 Å². The highest BCUT2D eigenvalue weighted by Gasteiger charge is 2.11. The molecule has 1 atom stereocenters. The summed E-state index contributed by atoms with van der Waals surface area (Å²) in [5, 5.41) is 3.68. The van der Waals surface area contributed by atoms with Crippen LogP contribution < -0.4 is 10.1 Å². The summed E-state index contributed by atoms with van der Waals surface area (Å²) in [5.74, 6) is 0.883. The molecule has 134 valence electrons. The summed E-state index contributed by atoms with van der Waals surface area (Å²) in [6.07, 6.45) is 12.0. The number of hydrogen-bond donors (Lipinski definition) is 1. The zero-order chi connectivity index (χ0) is 18.5. The van der Waals surface area contributed by atoms with E-state index in [0.717, 1.165) is 17.7 Å². The van der Waals surface area contributed by atoms with Crippen LogP contribution in [0.15, 0.2) is 66.3 Å². The second kappa shape index (κ2) is 8.09. The molecule has 0 bridgehead atoms. The minimum Gasteiger partial charge on any atom is -0.497 e. The molecule has 0 fully saturated rings. The van der Waals surface area contributed by atoms with E-state index < -0.39 is 0 Å². The lowest BCUT2D eigenvalue weighted by Crippen LogP contribution is -2.19. The summed E-state index contributed by atoms with van der Waals surface area (Å²) >= 11 is 0. The molecule has 0 aliphatic heterocycles. The summed E-state index contributed by atoms with van der Waals surface area (Å²) < 4.78 is 5.27. The number of aryl methyl sites for hydroxylation is 3. The molecule has 2 heteroatoms. The van der Waals surface area contributed by atoms with Crippen LogP contribution in [0.2, 0.25) is 0 Å². The Morgan fingerprint density at radius 3 is 2.46 bits per heavy atom. The first-order valence-electron chi connectivity index (χ1n) is 9.10. The zero-order valence-corrected chi connectivity index (χ0v) is 16.0. The molecule has 2 aromatic rings. The Balaban J connectivity index is 1.64. The molecule has 2 aromatic carbocycles. The van der Waals surface area contributed by atoms with Crippen LogP contribution in [0, 0.1) is 20.8 Å². The molecule has 1 aliphatic carbocycles. The van der Waals surface area contributed by atoms with Crippen LogP contribution >= 0.6 is 0 Å². The van der Waals surface area contributed by atoms with Gasteiger partial charge in [-0.2, -0.15) is 0 Å². The van der Waals surface area contributed by atoms with E-state index in [2.05, 4.69) is 74.7 Å². The first kappa shape index (κ1) is 18.1. The maximum absolute atomic E-state index is 5.27. The highest BCUT2D eigenvalue weighted by Crippen LogP contribution is 2.25. The van der Waals surface area contributed by atoms with Crippen molar-refractivity contribution < 1.29 is 4.74 Å². The molecule has 1 unspecified atom stereocenters. The molecule has 1 aliphatic rings. The molecule has 0 heterocycles. The molecule has 0 saturated heterocycles. The third-order valence-corrected chi connectivity index (χ3v) is 4.70. The van der Waals surface area contributed by atoms with Gasteiger partial charge in [0.1, 0.15) is 5.75 Å². The smallest absolute Gasteiger partial charge is 0.119 e. The quantitative estimate of drug-likeness (QED) is 0.717. The van der Waals surface area contributed by atoms with Crippen molar-refractivity contribution in [2.45, 2.75) is 33.2 Å². The maximum atomic E-state index is 5.27. The second-order valence-corrected chi connectivity index (χ2v) is 6.93. The van der Waals surface area contributed by atoms with Gasteiger partial charge in [-0.25, -0.2) is 0 Å². The molecule has 0 spiro atoms. The first-order valence-corrected chi connectivity index (χ1v) is 9.10. The monoisotopic (exact) mass is 345 g/mol. The summed E-state index contributed by atoms with van der Waals surface area (Å²) in [5.41, 5.74) is 7.57. The standard InChI is InChI=1S/C24H27NO/c1-17-14-18(2)24(19(3)15-17)25-22-12-10-20(11-13-22)8-9-21-6-5-7-23(16-21)26-4/h5-12,14-16,22,25H,13H2,1-4H3. The van der Waals surface area contributed by atoms with Crippen molar-refractivity contribution in [3.8, 4) is 5.75 Å². The van der Waals surface area contributed by atoms with Gasteiger partial charge in [-0.3, -0.25) is 0 Å². The Labute approximate surface area is 156 Å². The fraction of sp³-hybridized carbons (Fsp3) is 0.250. The lowest BCUT2D eigenvalue weighted by molar-refractivity contribution is 0.414. The van der Waals surface area contributed by atoms with Gasteiger partial charge in [-0.15, -0.1) is 0 Å². The predicted molar refractivity (Wildman–Crippen MR) is 112 cm³/mol. The SMILES string of the molecule is COc1cccc(C=CC2=CCC(Nc3c(C)cc(C)cc3C)C=C2)c1.